The second-order valence-corrected chi connectivity index (χ2v) is 5.36. The predicted molar refractivity (Wildman–Crippen MR) is 64.1 cm³/mol. The van der Waals surface area contributed by atoms with E-state index in [2.05, 4.69) is 36.0 Å². The van der Waals surface area contributed by atoms with Gasteiger partial charge in [-0.25, -0.2) is 0 Å². The van der Waals surface area contributed by atoms with Gasteiger partial charge in [0.05, 0.1) is 0 Å². The van der Waals surface area contributed by atoms with Crippen LogP contribution in [0.2, 0.25) is 0 Å². The van der Waals surface area contributed by atoms with E-state index in [9.17, 15) is 0 Å². The third-order valence-corrected chi connectivity index (χ3v) is 4.20. The van der Waals surface area contributed by atoms with E-state index in [-0.39, 0.29) is 0 Å². The summed E-state index contributed by atoms with van der Waals surface area (Å²) in [6.07, 6.45) is 1.33. The number of rotatable bonds is 1. The summed E-state index contributed by atoms with van der Waals surface area (Å²) in [4.78, 5) is 5.19. The zero-order valence-corrected chi connectivity index (χ0v) is 10.4. The zero-order chi connectivity index (χ0) is 10.8. The molecule has 3 atom stereocenters. The smallest absolute Gasteiger partial charge is 0.0192 e. The van der Waals surface area contributed by atoms with Crippen LogP contribution in [-0.4, -0.2) is 61.7 Å². The lowest BCUT2D eigenvalue weighted by Gasteiger charge is -2.45. The van der Waals surface area contributed by atoms with Crippen LogP contribution in [0.1, 0.15) is 20.3 Å². The number of nitrogens with zero attached hydrogens (tertiary/aromatic N) is 2. The molecule has 0 amide bonds. The highest BCUT2D eigenvalue weighted by Crippen LogP contribution is 2.20. The fourth-order valence-corrected chi connectivity index (χ4v) is 2.92. The monoisotopic (exact) mass is 211 g/mol. The maximum Gasteiger partial charge on any atom is 0.0192 e. The first-order valence-corrected chi connectivity index (χ1v) is 6.33. The molecular weight excluding hydrogens is 186 g/mol. The molecule has 1 N–H and O–H groups in total. The molecule has 2 heterocycles. The number of piperazine rings is 1. The minimum atomic E-state index is 0.723. The van der Waals surface area contributed by atoms with Crippen molar-refractivity contribution in [2.75, 3.05) is 39.8 Å². The van der Waals surface area contributed by atoms with Crippen molar-refractivity contribution in [3.8, 4) is 0 Å². The lowest BCUT2D eigenvalue weighted by atomic mass is 9.92. The average Bonchev–Trinajstić information content (AvgIpc) is 2.23. The first kappa shape index (κ1) is 11.4. The van der Waals surface area contributed by atoms with Gasteiger partial charge < -0.3 is 10.2 Å². The molecule has 0 aromatic rings. The van der Waals surface area contributed by atoms with Crippen LogP contribution >= 0.6 is 0 Å². The Labute approximate surface area is 93.8 Å². The van der Waals surface area contributed by atoms with Crippen molar-refractivity contribution in [2.24, 2.45) is 5.92 Å². The van der Waals surface area contributed by atoms with Crippen LogP contribution in [0.25, 0.3) is 0 Å². The van der Waals surface area contributed by atoms with Gasteiger partial charge in [-0.15, -0.1) is 0 Å². The molecule has 0 aromatic heterocycles. The van der Waals surface area contributed by atoms with Crippen molar-refractivity contribution in [1.82, 2.24) is 15.1 Å². The lowest BCUT2D eigenvalue weighted by molar-refractivity contribution is 0.0405. The van der Waals surface area contributed by atoms with E-state index in [1.807, 2.05) is 0 Å². The molecule has 2 saturated heterocycles. The number of piperidine rings is 1. The molecule has 88 valence electrons. The Hall–Kier alpha value is -0.120. The second kappa shape index (κ2) is 4.81. The normalized spacial score (nSPS) is 40.6. The molecule has 0 radical (unpaired) electrons. The van der Waals surface area contributed by atoms with Gasteiger partial charge in [0.1, 0.15) is 0 Å². The van der Waals surface area contributed by atoms with Crippen LogP contribution in [0.15, 0.2) is 0 Å². The lowest BCUT2D eigenvalue weighted by Crippen LogP contribution is -2.57. The summed E-state index contributed by atoms with van der Waals surface area (Å²) >= 11 is 0. The third kappa shape index (κ3) is 2.52. The molecule has 0 spiro atoms. The Morgan fingerprint density at radius 1 is 1.20 bits per heavy atom. The van der Waals surface area contributed by atoms with E-state index in [4.69, 9.17) is 0 Å². The van der Waals surface area contributed by atoms with Crippen molar-refractivity contribution in [3.05, 3.63) is 0 Å². The van der Waals surface area contributed by atoms with Gasteiger partial charge in [0.2, 0.25) is 0 Å². The van der Waals surface area contributed by atoms with Gasteiger partial charge >= 0.3 is 0 Å². The number of hydrogen-bond acceptors (Lipinski definition) is 3. The molecule has 2 aliphatic heterocycles. The zero-order valence-electron chi connectivity index (χ0n) is 10.4. The molecule has 0 aliphatic carbocycles. The summed E-state index contributed by atoms with van der Waals surface area (Å²) in [5, 5.41) is 3.49. The van der Waals surface area contributed by atoms with E-state index in [1.165, 1.54) is 39.1 Å². The molecule has 3 heteroatoms. The molecule has 15 heavy (non-hydrogen) atoms. The third-order valence-electron chi connectivity index (χ3n) is 4.20. The summed E-state index contributed by atoms with van der Waals surface area (Å²) in [6, 6.07) is 1.54. The largest absolute Gasteiger partial charge is 0.316 e. The van der Waals surface area contributed by atoms with Gasteiger partial charge in [0.15, 0.2) is 0 Å². The predicted octanol–water partition coefficient (Wildman–Crippen LogP) is 0.620. The minimum Gasteiger partial charge on any atom is -0.316 e. The fraction of sp³-hybridized carbons (Fsp3) is 1.00. The van der Waals surface area contributed by atoms with Crippen molar-refractivity contribution >= 4 is 0 Å². The highest BCUT2D eigenvalue weighted by atomic mass is 15.3. The average molecular weight is 211 g/mol. The molecule has 0 aromatic carbocycles. The van der Waals surface area contributed by atoms with Crippen LogP contribution in [0.5, 0.6) is 0 Å². The fourth-order valence-electron chi connectivity index (χ4n) is 2.92. The summed E-state index contributed by atoms with van der Waals surface area (Å²) < 4.78 is 0. The molecule has 3 nitrogen and oxygen atoms in total. The molecule has 0 bridgehead atoms. The van der Waals surface area contributed by atoms with Crippen LogP contribution in [-0.2, 0) is 0 Å². The van der Waals surface area contributed by atoms with Crippen LogP contribution in [0.4, 0.5) is 0 Å². The highest BCUT2D eigenvalue weighted by molar-refractivity contribution is 4.87. The van der Waals surface area contributed by atoms with Crippen LogP contribution < -0.4 is 5.32 Å². The molecule has 2 rings (SSSR count). The van der Waals surface area contributed by atoms with Gasteiger partial charge in [-0.2, -0.15) is 0 Å². The van der Waals surface area contributed by atoms with E-state index in [0.717, 1.165) is 18.0 Å². The van der Waals surface area contributed by atoms with Gasteiger partial charge in [0, 0.05) is 31.7 Å². The maximum atomic E-state index is 3.49. The highest BCUT2D eigenvalue weighted by Gasteiger charge is 2.30. The topological polar surface area (TPSA) is 18.5 Å². The van der Waals surface area contributed by atoms with Gasteiger partial charge in [-0.05, 0) is 39.4 Å². The standard InChI is InChI=1S/C12H25N3/c1-10-8-13-5-4-12(10)15-7-6-14(3)11(2)9-15/h10-13H,4-9H2,1-3H3. The number of nitrogens with one attached hydrogen (secondary N) is 1. The van der Waals surface area contributed by atoms with Gasteiger partial charge in [0.25, 0.3) is 0 Å². The van der Waals surface area contributed by atoms with Gasteiger partial charge in [-0.3, -0.25) is 4.90 Å². The Bertz CT molecular complexity index is 207. The Kier molecular flexibility index (Phi) is 3.65. The Balaban J connectivity index is 1.92. The number of hydrogen-bond donors (Lipinski definition) is 1. The van der Waals surface area contributed by atoms with Crippen LogP contribution in [0, 0.1) is 5.92 Å². The molecule has 2 aliphatic rings. The van der Waals surface area contributed by atoms with E-state index in [1.54, 1.807) is 0 Å². The van der Waals surface area contributed by atoms with Crippen LogP contribution in [0.3, 0.4) is 0 Å². The van der Waals surface area contributed by atoms with Crippen molar-refractivity contribution in [2.45, 2.75) is 32.4 Å². The maximum absolute atomic E-state index is 3.49. The van der Waals surface area contributed by atoms with Crippen molar-refractivity contribution in [1.29, 1.82) is 0 Å². The minimum absolute atomic E-state index is 0.723. The second-order valence-electron chi connectivity index (χ2n) is 5.36. The van der Waals surface area contributed by atoms with Crippen molar-refractivity contribution < 1.29 is 0 Å². The Morgan fingerprint density at radius 2 is 2.00 bits per heavy atom. The summed E-state index contributed by atoms with van der Waals surface area (Å²) in [5.41, 5.74) is 0. The summed E-state index contributed by atoms with van der Waals surface area (Å²) in [6.45, 7) is 10.9. The first-order chi connectivity index (χ1) is 7.18. The van der Waals surface area contributed by atoms with E-state index < -0.39 is 0 Å². The van der Waals surface area contributed by atoms with Crippen molar-refractivity contribution in [3.63, 3.8) is 0 Å². The molecule has 3 unspecified atom stereocenters. The number of likely N-dealkylation sites (N-methyl/N-ethyl adjacent to an activating group) is 1. The molecule has 2 fully saturated rings. The van der Waals surface area contributed by atoms with E-state index in [0.29, 0.717) is 0 Å². The SMILES string of the molecule is CC1CNCCC1N1CCN(C)C(C)C1. The summed E-state index contributed by atoms with van der Waals surface area (Å²) in [7, 11) is 2.24. The van der Waals surface area contributed by atoms with Gasteiger partial charge in [-0.1, -0.05) is 6.92 Å². The Morgan fingerprint density at radius 3 is 2.67 bits per heavy atom. The van der Waals surface area contributed by atoms with E-state index >= 15 is 0 Å². The summed E-state index contributed by atoms with van der Waals surface area (Å²) in [5.74, 6) is 0.814. The molecule has 0 saturated carbocycles. The molecular formula is C12H25N3. The first-order valence-electron chi connectivity index (χ1n) is 6.33. The quantitative estimate of drug-likeness (QED) is 0.686.